The van der Waals surface area contributed by atoms with Crippen LogP contribution in [0, 0.1) is 11.8 Å². The lowest BCUT2D eigenvalue weighted by atomic mass is 10.00. The number of aliphatic imine (C=N–C) groups is 2. The van der Waals surface area contributed by atoms with Gasteiger partial charge in [0.05, 0.1) is 18.7 Å². The molecule has 0 saturated carbocycles. The summed E-state index contributed by atoms with van der Waals surface area (Å²) in [6, 6.07) is -6.22. The Labute approximate surface area is 530 Å². The van der Waals surface area contributed by atoms with Gasteiger partial charge in [0.25, 0.3) is 0 Å². The minimum absolute atomic E-state index is 0.0104. The Balaban J connectivity index is 2.79. The van der Waals surface area contributed by atoms with Gasteiger partial charge in [-0.15, -0.1) is 0 Å². The number of aliphatic carboxylic acids is 1. The number of carboxylic acid groups (broad SMARTS) is 1. The molecule has 35 heteroatoms. The number of guanidine groups is 2. The lowest BCUT2D eigenvalue weighted by Crippen LogP contribution is -2.62. The number of nitrogens with zero attached hydrogens (tertiary/aromatic N) is 2. The number of aliphatic hydroxyl groups excluding tert-OH is 1. The highest BCUT2D eigenvalue weighted by molar-refractivity contribution is 8.76. The molecule has 1 aromatic carbocycles. The fraction of sp³-hybridized carbons (Fsp3) is 0.636. The molecule has 1 aliphatic rings. The highest BCUT2D eigenvalue weighted by Crippen LogP contribution is 2.23. The van der Waals surface area contributed by atoms with Crippen molar-refractivity contribution in [3.05, 3.63) is 35.9 Å². The van der Waals surface area contributed by atoms with Gasteiger partial charge in [-0.05, 0) is 88.7 Å². The first-order valence-electron chi connectivity index (χ1n) is 29.5. The highest BCUT2D eigenvalue weighted by Gasteiger charge is 2.37. The van der Waals surface area contributed by atoms with Crippen molar-refractivity contribution in [1.29, 1.82) is 0 Å². The maximum absolute atomic E-state index is 14.3. The van der Waals surface area contributed by atoms with Crippen LogP contribution in [0.15, 0.2) is 40.3 Å². The monoisotopic (exact) mass is 1310 g/mol. The number of carbonyl (C=O) groups is 12. The number of aliphatic hydroxyl groups is 1. The summed E-state index contributed by atoms with van der Waals surface area (Å²) in [5, 5.41) is 46.4. The highest BCUT2D eigenvalue weighted by atomic mass is 33.1. The van der Waals surface area contributed by atoms with Crippen LogP contribution in [0.3, 0.4) is 0 Å². The van der Waals surface area contributed by atoms with E-state index in [1.54, 1.807) is 58.0 Å². The zero-order valence-corrected chi connectivity index (χ0v) is 53.1. The number of primary amides is 1. The van der Waals surface area contributed by atoms with Gasteiger partial charge >= 0.3 is 5.97 Å². The van der Waals surface area contributed by atoms with Crippen LogP contribution in [-0.4, -0.2) is 197 Å². The van der Waals surface area contributed by atoms with E-state index in [1.165, 1.54) is 6.92 Å². The van der Waals surface area contributed by atoms with E-state index >= 15 is 0 Å². The van der Waals surface area contributed by atoms with Crippen molar-refractivity contribution in [2.45, 2.75) is 172 Å². The second kappa shape index (κ2) is 41.3. The molecular weight excluding hydrogens is 1210 g/mol. The van der Waals surface area contributed by atoms with Crippen LogP contribution in [0.5, 0.6) is 0 Å². The SMILES string of the molecule is CC(C)CC1NC(=O)C(Cc2ccccc2)NC(=O)C(N)CSSCC(C(=O)O)NC(=O)C(C(C)C)NC(=O)C(CCC(N)=O)NC(=O)C(CCCN=C(N)N)NC(=O)CNC(=O)C(CCCN=C(N)N)NC(=O)C(CCCCN)NC(=O)C(C(C)O)NC1=O. The van der Waals surface area contributed by atoms with Gasteiger partial charge < -0.3 is 104 Å². The summed E-state index contributed by atoms with van der Waals surface area (Å²) in [7, 11) is 1.90. The Morgan fingerprint density at radius 2 is 1.02 bits per heavy atom. The smallest absolute Gasteiger partial charge is 0.327 e. The summed E-state index contributed by atoms with van der Waals surface area (Å²) in [5.74, 6) is -13.7. The average molecular weight is 1310 g/mol. The largest absolute Gasteiger partial charge is 0.480 e. The molecule has 504 valence electrons. The molecule has 33 nitrogen and oxygen atoms in total. The molecule has 26 N–H and O–H groups in total. The third-order valence-electron chi connectivity index (χ3n) is 13.6. The second-order valence-electron chi connectivity index (χ2n) is 22.2. The summed E-state index contributed by atoms with van der Waals surface area (Å²) < 4.78 is 0. The number of hydrogen-bond acceptors (Lipinski definition) is 19. The van der Waals surface area contributed by atoms with E-state index in [1.807, 2.05) is 0 Å². The summed E-state index contributed by atoms with van der Waals surface area (Å²) in [6.45, 7) is 7.12. The van der Waals surface area contributed by atoms with Crippen molar-refractivity contribution in [2.75, 3.05) is 37.7 Å². The Morgan fingerprint density at radius 1 is 0.556 bits per heavy atom. The summed E-state index contributed by atoms with van der Waals surface area (Å²) >= 11 is 0. The summed E-state index contributed by atoms with van der Waals surface area (Å²) in [6.07, 6.45) is -2.22. The molecule has 1 aromatic rings. The van der Waals surface area contributed by atoms with Gasteiger partial charge in [-0.2, -0.15) is 0 Å². The van der Waals surface area contributed by atoms with Crippen LogP contribution in [0.2, 0.25) is 0 Å². The fourth-order valence-corrected chi connectivity index (χ4v) is 11.0. The minimum atomic E-state index is -1.75. The van der Waals surface area contributed by atoms with Gasteiger partial charge in [0.1, 0.15) is 54.4 Å². The van der Waals surface area contributed by atoms with E-state index in [-0.39, 0.29) is 100 Å². The molecular formula is C55H93N19O14S2. The number of nitrogens with one attached hydrogen (secondary N) is 10. The van der Waals surface area contributed by atoms with Crippen LogP contribution < -0.4 is 93.3 Å². The van der Waals surface area contributed by atoms with Crippen molar-refractivity contribution in [1.82, 2.24) is 53.2 Å². The molecule has 0 spiro atoms. The zero-order valence-electron chi connectivity index (χ0n) is 51.5. The standard InChI is InChI=1S/C55H93N19O14S2/c1-28(2)23-37-50(84)74-43(30(5)75)52(86)69-35(15-9-10-20-56)47(81)67-33(16-11-21-63-54(59)60)45(79)65-25-41(77)66-34(17-12-22-64-55(61)62)46(80)68-36(18-19-40(58)76)48(82)73-42(29(3)4)51(85)72-39(53(87)88)27-90-89-26-32(57)44(78)70-38(49(83)71-37)24-31-13-7-6-8-14-31/h6-8,13-14,28-30,32-39,42-43,75H,9-12,15-27,56-57H2,1-5H3,(H2,58,76)(H,65,79)(H,66,77)(H,67,81)(H,68,80)(H,69,86)(H,70,78)(H,71,83)(H,72,85)(H,73,82)(H,74,84)(H,87,88)(H4,59,60,63)(H4,61,62,64). The van der Waals surface area contributed by atoms with Gasteiger partial charge in [0.15, 0.2) is 11.9 Å². The molecule has 0 aliphatic carbocycles. The maximum atomic E-state index is 14.3. The molecule has 0 bridgehead atoms. The van der Waals surface area contributed by atoms with Crippen molar-refractivity contribution in [3.63, 3.8) is 0 Å². The van der Waals surface area contributed by atoms with E-state index in [4.69, 9.17) is 40.1 Å². The molecule has 1 fully saturated rings. The van der Waals surface area contributed by atoms with Gasteiger partial charge in [-0.25, -0.2) is 4.79 Å². The molecule has 11 atom stereocenters. The zero-order chi connectivity index (χ0) is 67.6. The van der Waals surface area contributed by atoms with Crippen molar-refractivity contribution >= 4 is 104 Å². The molecule has 0 radical (unpaired) electrons. The van der Waals surface area contributed by atoms with Gasteiger partial charge in [-0.1, -0.05) is 79.6 Å². The predicted octanol–water partition coefficient (Wildman–Crippen LogP) is -5.90. The Kier molecular flexibility index (Phi) is 35.8. The van der Waals surface area contributed by atoms with E-state index in [9.17, 15) is 67.7 Å². The topological polar surface area (TPSA) is 572 Å². The minimum Gasteiger partial charge on any atom is -0.480 e. The second-order valence-corrected chi connectivity index (χ2v) is 24.7. The summed E-state index contributed by atoms with van der Waals surface area (Å²) in [5.41, 5.74) is 40.1. The number of carboxylic acids is 1. The number of hydrogen-bond donors (Lipinski definition) is 19. The first kappa shape index (κ1) is 78.1. The lowest BCUT2D eigenvalue weighted by molar-refractivity contribution is -0.142. The summed E-state index contributed by atoms with van der Waals surface area (Å²) in [4.78, 5) is 173. The number of unbranched alkanes of at least 4 members (excludes halogenated alkanes) is 1. The normalized spacial score (nSPS) is 24.5. The molecule has 11 unspecified atom stereocenters. The molecule has 2 rings (SSSR count). The number of rotatable bonds is 22. The first-order valence-corrected chi connectivity index (χ1v) is 32.0. The molecule has 0 aromatic heterocycles. The van der Waals surface area contributed by atoms with Gasteiger partial charge in [0.2, 0.25) is 65.0 Å². The van der Waals surface area contributed by atoms with Crippen molar-refractivity contribution < 1.29 is 67.7 Å². The van der Waals surface area contributed by atoms with Crippen molar-refractivity contribution in [3.8, 4) is 0 Å². The Morgan fingerprint density at radius 3 is 1.56 bits per heavy atom. The molecule has 1 saturated heterocycles. The molecule has 11 amide bonds. The Bertz CT molecular complexity index is 2630. The number of benzene rings is 1. The first-order chi connectivity index (χ1) is 42.4. The molecule has 1 heterocycles. The van der Waals surface area contributed by atoms with Crippen LogP contribution in [0.1, 0.15) is 104 Å². The van der Waals surface area contributed by atoms with E-state index in [0.29, 0.717) is 12.0 Å². The van der Waals surface area contributed by atoms with E-state index in [0.717, 1.165) is 21.6 Å². The van der Waals surface area contributed by atoms with Crippen molar-refractivity contribution in [2.24, 2.45) is 62.0 Å². The lowest BCUT2D eigenvalue weighted by Gasteiger charge is -2.29. The van der Waals surface area contributed by atoms with E-state index in [2.05, 4.69) is 63.2 Å². The average Bonchev–Trinajstić information content (AvgIpc) is 1.37. The van der Waals surface area contributed by atoms with Crippen LogP contribution in [-0.2, 0) is 64.0 Å². The quantitative estimate of drug-likeness (QED) is 0.0222. The van der Waals surface area contributed by atoms with Crippen LogP contribution >= 0.6 is 21.6 Å². The fourth-order valence-electron chi connectivity index (χ4n) is 8.71. The molecule has 1 aliphatic heterocycles. The van der Waals surface area contributed by atoms with E-state index < -0.39 is 163 Å². The van der Waals surface area contributed by atoms with Gasteiger partial charge in [0, 0.05) is 37.4 Å². The van der Waals surface area contributed by atoms with Crippen LogP contribution in [0.25, 0.3) is 0 Å². The third kappa shape index (κ3) is 30.5. The van der Waals surface area contributed by atoms with Crippen LogP contribution in [0.4, 0.5) is 0 Å². The Hall–Kier alpha value is -8.02. The van der Waals surface area contributed by atoms with Gasteiger partial charge in [-0.3, -0.25) is 62.7 Å². The number of nitrogens with two attached hydrogens (primary N) is 7. The number of carbonyl (C=O) groups excluding carboxylic acids is 11. The third-order valence-corrected chi connectivity index (χ3v) is 16.0. The maximum Gasteiger partial charge on any atom is 0.327 e. The predicted molar refractivity (Wildman–Crippen MR) is 338 cm³/mol. The molecule has 90 heavy (non-hydrogen) atoms. The number of amides is 11.